The molecule has 0 heterocycles. The second kappa shape index (κ2) is 4.23. The molecule has 1 aliphatic rings. The Balaban J connectivity index is 2.20. The van der Waals surface area contributed by atoms with E-state index in [-0.39, 0.29) is 0 Å². The molecule has 2 rings (SSSR count). The molecule has 84 valence electrons. The van der Waals surface area contributed by atoms with Gasteiger partial charge in [-0.05, 0) is 43.9 Å². The van der Waals surface area contributed by atoms with Crippen molar-refractivity contribution < 1.29 is 13.9 Å². The summed E-state index contributed by atoms with van der Waals surface area (Å²) in [6.45, 7) is 0. The summed E-state index contributed by atoms with van der Waals surface area (Å²) in [6, 6.07) is 3.49. The lowest BCUT2D eigenvalue weighted by atomic mass is 10.0. The van der Waals surface area contributed by atoms with E-state index in [1.165, 1.54) is 6.07 Å². The lowest BCUT2D eigenvalue weighted by Gasteiger charge is -2.12. The van der Waals surface area contributed by atoms with Crippen LogP contribution in [-0.4, -0.2) is 10.7 Å². The van der Waals surface area contributed by atoms with Gasteiger partial charge in [0, 0.05) is 5.56 Å². The van der Waals surface area contributed by atoms with Crippen molar-refractivity contribution >= 4 is 0 Å². The minimum Gasteiger partial charge on any atom is -0.378 e. The predicted octanol–water partition coefficient (Wildman–Crippen LogP) is 2.62. The van der Waals surface area contributed by atoms with Crippen LogP contribution in [0.25, 0.3) is 0 Å². The molecule has 0 atom stereocenters. The maximum absolute atomic E-state index is 12.9. The van der Waals surface area contributed by atoms with E-state index in [2.05, 4.69) is 11.8 Å². The number of halogens is 2. The average molecular weight is 222 g/mol. The van der Waals surface area contributed by atoms with E-state index in [0.29, 0.717) is 18.4 Å². The van der Waals surface area contributed by atoms with Gasteiger partial charge in [0.25, 0.3) is 0 Å². The smallest absolute Gasteiger partial charge is 0.160 e. The largest absolute Gasteiger partial charge is 0.378 e. The molecule has 0 unspecified atom stereocenters. The molecule has 1 aromatic carbocycles. The summed E-state index contributed by atoms with van der Waals surface area (Å²) in [5.74, 6) is 3.63. The van der Waals surface area contributed by atoms with E-state index in [0.717, 1.165) is 25.0 Å². The quantitative estimate of drug-likeness (QED) is 0.669. The molecule has 1 N–H and O–H groups in total. The number of benzene rings is 1. The standard InChI is InChI=1S/C13H12F2O/c14-11-4-3-10(9-12(11)15)5-8-13(16)6-1-2-7-13/h3-4,9,16H,1-2,6-7H2. The van der Waals surface area contributed by atoms with Gasteiger partial charge in [-0.2, -0.15) is 0 Å². The van der Waals surface area contributed by atoms with Crippen molar-refractivity contribution in [3.63, 3.8) is 0 Å². The summed E-state index contributed by atoms with van der Waals surface area (Å²) in [4.78, 5) is 0. The highest BCUT2D eigenvalue weighted by Gasteiger charge is 2.28. The van der Waals surface area contributed by atoms with Crippen molar-refractivity contribution in [2.75, 3.05) is 0 Å². The van der Waals surface area contributed by atoms with Crippen molar-refractivity contribution in [3.8, 4) is 11.8 Å². The van der Waals surface area contributed by atoms with Crippen LogP contribution >= 0.6 is 0 Å². The van der Waals surface area contributed by atoms with Crippen LogP contribution < -0.4 is 0 Å². The Kier molecular flexibility index (Phi) is 2.93. The molecular formula is C13H12F2O. The molecule has 0 spiro atoms. The first-order chi connectivity index (χ1) is 7.59. The first kappa shape index (κ1) is 11.1. The van der Waals surface area contributed by atoms with E-state index in [1.807, 2.05) is 0 Å². The zero-order valence-corrected chi connectivity index (χ0v) is 8.76. The first-order valence-corrected chi connectivity index (χ1v) is 5.30. The number of hydrogen-bond acceptors (Lipinski definition) is 1. The molecule has 1 aromatic rings. The molecule has 1 nitrogen and oxygen atoms in total. The van der Waals surface area contributed by atoms with Crippen LogP contribution in [-0.2, 0) is 0 Å². The van der Waals surface area contributed by atoms with Gasteiger partial charge >= 0.3 is 0 Å². The van der Waals surface area contributed by atoms with E-state index in [9.17, 15) is 13.9 Å². The number of aliphatic hydroxyl groups is 1. The minimum atomic E-state index is -0.940. The van der Waals surface area contributed by atoms with Crippen molar-refractivity contribution in [1.29, 1.82) is 0 Å². The normalized spacial score (nSPS) is 17.9. The van der Waals surface area contributed by atoms with Gasteiger partial charge in [-0.3, -0.25) is 0 Å². The van der Waals surface area contributed by atoms with Crippen LogP contribution in [0, 0.1) is 23.5 Å². The molecular weight excluding hydrogens is 210 g/mol. The van der Waals surface area contributed by atoms with Crippen molar-refractivity contribution in [3.05, 3.63) is 35.4 Å². The van der Waals surface area contributed by atoms with Crippen LogP contribution in [0.4, 0.5) is 8.78 Å². The highest BCUT2D eigenvalue weighted by Crippen LogP contribution is 2.28. The van der Waals surface area contributed by atoms with Crippen molar-refractivity contribution in [2.45, 2.75) is 31.3 Å². The molecule has 0 radical (unpaired) electrons. The molecule has 0 aromatic heterocycles. The predicted molar refractivity (Wildman–Crippen MR) is 56.7 cm³/mol. The second-order valence-corrected chi connectivity index (χ2v) is 4.12. The van der Waals surface area contributed by atoms with Crippen molar-refractivity contribution in [2.24, 2.45) is 0 Å². The summed E-state index contributed by atoms with van der Waals surface area (Å²) in [6.07, 6.45) is 3.24. The third kappa shape index (κ3) is 2.40. The fourth-order valence-electron chi connectivity index (χ4n) is 1.85. The molecule has 0 amide bonds. The molecule has 3 heteroatoms. The van der Waals surface area contributed by atoms with E-state index >= 15 is 0 Å². The fourth-order valence-corrected chi connectivity index (χ4v) is 1.85. The molecule has 0 saturated heterocycles. The van der Waals surface area contributed by atoms with Gasteiger partial charge in [-0.15, -0.1) is 0 Å². The zero-order chi connectivity index (χ0) is 11.6. The maximum atomic E-state index is 12.9. The summed E-state index contributed by atoms with van der Waals surface area (Å²) in [5.41, 5.74) is -0.551. The van der Waals surface area contributed by atoms with Crippen LogP contribution in [0.5, 0.6) is 0 Å². The molecule has 1 fully saturated rings. The Morgan fingerprint density at radius 2 is 1.81 bits per heavy atom. The molecule has 1 saturated carbocycles. The molecule has 0 aliphatic heterocycles. The highest BCUT2D eigenvalue weighted by atomic mass is 19.2. The number of rotatable bonds is 0. The molecule has 0 bridgehead atoms. The summed E-state index contributed by atoms with van der Waals surface area (Å²) in [5, 5.41) is 9.94. The Bertz CT molecular complexity index is 451. The van der Waals surface area contributed by atoms with Crippen molar-refractivity contribution in [1.82, 2.24) is 0 Å². The average Bonchev–Trinajstić information content (AvgIpc) is 2.68. The van der Waals surface area contributed by atoms with E-state index in [1.54, 1.807) is 0 Å². The Labute approximate surface area is 93.1 Å². The Hall–Kier alpha value is -1.40. The summed E-state index contributed by atoms with van der Waals surface area (Å²) >= 11 is 0. The minimum absolute atomic E-state index is 0.388. The van der Waals surface area contributed by atoms with Gasteiger partial charge in [0.05, 0.1) is 0 Å². The van der Waals surface area contributed by atoms with Gasteiger partial charge in [0.1, 0.15) is 5.60 Å². The monoisotopic (exact) mass is 222 g/mol. The first-order valence-electron chi connectivity index (χ1n) is 5.30. The van der Waals surface area contributed by atoms with Gasteiger partial charge in [-0.25, -0.2) is 8.78 Å². The molecule has 1 aliphatic carbocycles. The van der Waals surface area contributed by atoms with Gasteiger partial charge in [0.15, 0.2) is 11.6 Å². The van der Waals surface area contributed by atoms with Crippen LogP contribution in [0.1, 0.15) is 31.2 Å². The number of hydrogen-bond donors (Lipinski definition) is 1. The lowest BCUT2D eigenvalue weighted by molar-refractivity contribution is 0.110. The van der Waals surface area contributed by atoms with Crippen LogP contribution in [0.3, 0.4) is 0 Å². The highest BCUT2D eigenvalue weighted by molar-refractivity contribution is 5.37. The van der Waals surface area contributed by atoms with Gasteiger partial charge < -0.3 is 5.11 Å². The van der Waals surface area contributed by atoms with Crippen LogP contribution in [0.2, 0.25) is 0 Å². The summed E-state index contributed by atoms with van der Waals surface area (Å²) < 4.78 is 25.5. The zero-order valence-electron chi connectivity index (χ0n) is 8.76. The lowest BCUT2D eigenvalue weighted by Crippen LogP contribution is -2.20. The SMILES string of the molecule is OC1(C#Cc2ccc(F)c(F)c2)CCCC1. The fraction of sp³-hybridized carbons (Fsp3) is 0.385. The summed E-state index contributed by atoms with van der Waals surface area (Å²) in [7, 11) is 0. The Morgan fingerprint density at radius 1 is 1.12 bits per heavy atom. The molecule has 16 heavy (non-hydrogen) atoms. The van der Waals surface area contributed by atoms with Gasteiger partial charge in [-0.1, -0.05) is 11.8 Å². The van der Waals surface area contributed by atoms with E-state index < -0.39 is 17.2 Å². The van der Waals surface area contributed by atoms with Gasteiger partial charge in [0.2, 0.25) is 0 Å². The van der Waals surface area contributed by atoms with Crippen LogP contribution in [0.15, 0.2) is 18.2 Å². The third-order valence-electron chi connectivity index (χ3n) is 2.79. The topological polar surface area (TPSA) is 20.2 Å². The Morgan fingerprint density at radius 3 is 2.44 bits per heavy atom. The maximum Gasteiger partial charge on any atom is 0.160 e. The second-order valence-electron chi connectivity index (χ2n) is 4.12. The van der Waals surface area contributed by atoms with E-state index in [4.69, 9.17) is 0 Å². The third-order valence-corrected chi connectivity index (χ3v) is 2.79.